The average molecular weight is 218 g/mol. The van der Waals surface area contributed by atoms with Gasteiger partial charge in [0.15, 0.2) is 0 Å². The summed E-state index contributed by atoms with van der Waals surface area (Å²) in [6.45, 7) is 5.34. The summed E-state index contributed by atoms with van der Waals surface area (Å²) in [7, 11) is 0. The number of rotatable bonds is 1. The van der Waals surface area contributed by atoms with E-state index in [1.807, 2.05) is 6.07 Å². The molecular weight excluding hydrogens is 203 g/mol. The van der Waals surface area contributed by atoms with Gasteiger partial charge in [0.25, 0.3) is 0 Å². The van der Waals surface area contributed by atoms with Crippen LogP contribution in [0.4, 0.5) is 4.39 Å². The fourth-order valence-electron chi connectivity index (χ4n) is 2.52. The van der Waals surface area contributed by atoms with Crippen LogP contribution < -0.4 is 0 Å². The Morgan fingerprint density at radius 1 is 1.44 bits per heavy atom. The fourth-order valence-corrected chi connectivity index (χ4v) is 2.52. The summed E-state index contributed by atoms with van der Waals surface area (Å²) < 4.78 is 13.1. The number of hydrogen-bond donors (Lipinski definition) is 1. The van der Waals surface area contributed by atoms with Crippen molar-refractivity contribution in [3.8, 4) is 0 Å². The largest absolute Gasteiger partial charge is 0.358 e. The van der Waals surface area contributed by atoms with Crippen molar-refractivity contribution in [3.63, 3.8) is 0 Å². The zero-order valence-electron chi connectivity index (χ0n) is 9.39. The number of benzene rings is 1. The maximum atomic E-state index is 13.1. The van der Waals surface area contributed by atoms with Gasteiger partial charge >= 0.3 is 0 Å². The zero-order chi connectivity index (χ0) is 11.1. The Balaban J connectivity index is 2.14. The molecule has 0 fully saturated rings. The molecule has 0 radical (unpaired) electrons. The van der Waals surface area contributed by atoms with Gasteiger partial charge in [-0.15, -0.1) is 0 Å². The molecule has 3 heteroatoms. The van der Waals surface area contributed by atoms with Crippen LogP contribution in [0.2, 0.25) is 0 Å². The van der Waals surface area contributed by atoms with Crippen LogP contribution in [0, 0.1) is 5.82 Å². The summed E-state index contributed by atoms with van der Waals surface area (Å²) in [6, 6.07) is 5.02. The predicted octanol–water partition coefficient (Wildman–Crippen LogP) is 2.69. The summed E-state index contributed by atoms with van der Waals surface area (Å²) >= 11 is 0. The van der Waals surface area contributed by atoms with Gasteiger partial charge in [-0.2, -0.15) is 0 Å². The minimum Gasteiger partial charge on any atom is -0.358 e. The van der Waals surface area contributed by atoms with Crippen LogP contribution >= 0.6 is 0 Å². The van der Waals surface area contributed by atoms with E-state index in [1.54, 1.807) is 12.1 Å². The van der Waals surface area contributed by atoms with Crippen LogP contribution in [0.25, 0.3) is 10.9 Å². The van der Waals surface area contributed by atoms with E-state index in [4.69, 9.17) is 0 Å². The highest BCUT2D eigenvalue weighted by Gasteiger charge is 2.19. The number of hydrogen-bond acceptors (Lipinski definition) is 1. The molecule has 0 amide bonds. The predicted molar refractivity (Wildman–Crippen MR) is 62.9 cm³/mol. The molecule has 2 aromatic rings. The Hall–Kier alpha value is -1.35. The normalized spacial score (nSPS) is 16.6. The molecule has 0 unspecified atom stereocenters. The molecule has 0 aliphatic carbocycles. The number of aromatic amines is 1. The van der Waals surface area contributed by atoms with Gasteiger partial charge in [0, 0.05) is 36.1 Å². The van der Waals surface area contributed by atoms with E-state index in [0.717, 1.165) is 31.6 Å². The van der Waals surface area contributed by atoms with Crippen LogP contribution in [0.5, 0.6) is 0 Å². The second kappa shape index (κ2) is 3.59. The minimum atomic E-state index is -0.168. The number of nitrogens with zero attached hydrogens (tertiary/aromatic N) is 1. The lowest BCUT2D eigenvalue weighted by Crippen LogP contribution is -2.29. The first-order valence-corrected chi connectivity index (χ1v) is 5.79. The molecule has 1 N–H and O–H groups in total. The van der Waals surface area contributed by atoms with E-state index in [-0.39, 0.29) is 5.82 Å². The van der Waals surface area contributed by atoms with Crippen molar-refractivity contribution in [2.45, 2.75) is 19.9 Å². The van der Waals surface area contributed by atoms with Crippen LogP contribution in [0.15, 0.2) is 18.2 Å². The lowest BCUT2D eigenvalue weighted by molar-refractivity contribution is 0.268. The first-order chi connectivity index (χ1) is 7.78. The van der Waals surface area contributed by atoms with Crippen molar-refractivity contribution in [1.82, 2.24) is 9.88 Å². The van der Waals surface area contributed by atoms with Crippen LogP contribution in [0.3, 0.4) is 0 Å². The molecule has 0 bridgehead atoms. The molecule has 1 aromatic heterocycles. The van der Waals surface area contributed by atoms with Crippen LogP contribution in [0.1, 0.15) is 18.2 Å². The molecule has 1 aliphatic heterocycles. The van der Waals surface area contributed by atoms with Crippen molar-refractivity contribution >= 4 is 10.9 Å². The number of H-pyrrole nitrogens is 1. The van der Waals surface area contributed by atoms with Crippen molar-refractivity contribution in [1.29, 1.82) is 0 Å². The van der Waals surface area contributed by atoms with Gasteiger partial charge in [0.1, 0.15) is 5.82 Å². The monoisotopic (exact) mass is 218 g/mol. The van der Waals surface area contributed by atoms with Gasteiger partial charge in [0.05, 0.1) is 0 Å². The number of nitrogens with one attached hydrogen (secondary N) is 1. The highest BCUT2D eigenvalue weighted by molar-refractivity contribution is 5.84. The van der Waals surface area contributed by atoms with Gasteiger partial charge in [0.2, 0.25) is 0 Å². The standard InChI is InChI=1S/C13H15FN2/c1-2-16-6-5-12-11(8-16)10-4-3-9(14)7-13(10)15-12/h3-4,7,15H,2,5-6,8H2,1H3. The van der Waals surface area contributed by atoms with E-state index in [1.165, 1.54) is 16.6 Å². The molecule has 1 aliphatic rings. The Bertz CT molecular complexity index is 530. The van der Waals surface area contributed by atoms with Gasteiger partial charge in [-0.05, 0) is 30.3 Å². The molecule has 2 heterocycles. The molecule has 0 spiro atoms. The lowest BCUT2D eigenvalue weighted by atomic mass is 10.0. The molecule has 16 heavy (non-hydrogen) atoms. The summed E-state index contributed by atoms with van der Waals surface area (Å²) in [5, 5.41) is 1.18. The van der Waals surface area contributed by atoms with Gasteiger partial charge < -0.3 is 4.98 Å². The second-order valence-electron chi connectivity index (χ2n) is 4.39. The average Bonchev–Trinajstić information content (AvgIpc) is 2.65. The first-order valence-electron chi connectivity index (χ1n) is 5.79. The number of halogens is 1. The number of aromatic nitrogens is 1. The Morgan fingerprint density at radius 2 is 2.31 bits per heavy atom. The zero-order valence-corrected chi connectivity index (χ0v) is 9.39. The SMILES string of the molecule is CCN1CCc2[nH]c3cc(F)ccc3c2C1. The molecule has 0 saturated carbocycles. The minimum absolute atomic E-state index is 0.168. The van der Waals surface area contributed by atoms with Crippen molar-refractivity contribution in [2.75, 3.05) is 13.1 Å². The van der Waals surface area contributed by atoms with E-state index in [9.17, 15) is 4.39 Å². The van der Waals surface area contributed by atoms with Gasteiger partial charge in [-0.1, -0.05) is 6.92 Å². The second-order valence-corrected chi connectivity index (χ2v) is 4.39. The van der Waals surface area contributed by atoms with E-state index >= 15 is 0 Å². The molecule has 0 atom stereocenters. The van der Waals surface area contributed by atoms with Gasteiger partial charge in [-0.3, -0.25) is 4.90 Å². The molecule has 1 aromatic carbocycles. The molecular formula is C13H15FN2. The first kappa shape index (κ1) is 9.85. The smallest absolute Gasteiger partial charge is 0.125 e. The third-order valence-electron chi connectivity index (χ3n) is 3.46. The van der Waals surface area contributed by atoms with Crippen molar-refractivity contribution < 1.29 is 4.39 Å². The Labute approximate surface area is 94.1 Å². The van der Waals surface area contributed by atoms with Crippen molar-refractivity contribution in [2.24, 2.45) is 0 Å². The van der Waals surface area contributed by atoms with E-state index in [0.29, 0.717) is 0 Å². The third-order valence-corrected chi connectivity index (χ3v) is 3.46. The molecule has 84 valence electrons. The quantitative estimate of drug-likeness (QED) is 0.779. The third kappa shape index (κ3) is 1.43. The highest BCUT2D eigenvalue weighted by atomic mass is 19.1. The maximum absolute atomic E-state index is 13.1. The fraction of sp³-hybridized carbons (Fsp3) is 0.385. The van der Waals surface area contributed by atoms with Crippen LogP contribution in [-0.2, 0) is 13.0 Å². The maximum Gasteiger partial charge on any atom is 0.125 e. The van der Waals surface area contributed by atoms with Crippen LogP contribution in [-0.4, -0.2) is 23.0 Å². The van der Waals surface area contributed by atoms with E-state index in [2.05, 4.69) is 16.8 Å². The summed E-state index contributed by atoms with van der Waals surface area (Å²) in [5.41, 5.74) is 3.57. The lowest BCUT2D eigenvalue weighted by Gasteiger charge is -2.25. The number of likely N-dealkylation sites (N-methyl/N-ethyl adjacent to an activating group) is 1. The Morgan fingerprint density at radius 3 is 3.12 bits per heavy atom. The Kier molecular flexibility index (Phi) is 2.21. The van der Waals surface area contributed by atoms with E-state index < -0.39 is 0 Å². The molecule has 3 rings (SSSR count). The number of fused-ring (bicyclic) bond motifs is 3. The highest BCUT2D eigenvalue weighted by Crippen LogP contribution is 2.27. The summed E-state index contributed by atoms with van der Waals surface area (Å²) in [5.74, 6) is -0.168. The van der Waals surface area contributed by atoms with Crippen molar-refractivity contribution in [3.05, 3.63) is 35.3 Å². The molecule has 0 saturated heterocycles. The van der Waals surface area contributed by atoms with Gasteiger partial charge in [-0.25, -0.2) is 4.39 Å². The molecule has 2 nitrogen and oxygen atoms in total. The summed E-state index contributed by atoms with van der Waals surface area (Å²) in [4.78, 5) is 5.75. The summed E-state index contributed by atoms with van der Waals surface area (Å²) in [6.07, 6.45) is 1.04. The topological polar surface area (TPSA) is 19.0 Å².